The lowest BCUT2D eigenvalue weighted by Gasteiger charge is -2.01. The highest BCUT2D eigenvalue weighted by molar-refractivity contribution is 7.19. The van der Waals surface area contributed by atoms with E-state index in [2.05, 4.69) is 31.4 Å². The molecule has 0 spiro atoms. The minimum Gasteiger partial charge on any atom is -0.383 e. The van der Waals surface area contributed by atoms with Crippen molar-refractivity contribution in [3.05, 3.63) is 48.0 Å². The molecule has 9 nitrogen and oxygen atoms in total. The highest BCUT2D eigenvalue weighted by atomic mass is 32.1. The third kappa shape index (κ3) is 3.12. The van der Waals surface area contributed by atoms with E-state index in [0.29, 0.717) is 31.0 Å². The SMILES string of the molecule is COCCn1cc(-c2cnc3nnn(Cc4cc5cnccc5s4)c3n2)cn1. The summed E-state index contributed by atoms with van der Waals surface area (Å²) in [6.45, 7) is 1.88. The van der Waals surface area contributed by atoms with Crippen LogP contribution >= 0.6 is 11.3 Å². The zero-order chi connectivity index (χ0) is 18.9. The zero-order valence-electron chi connectivity index (χ0n) is 15.1. The number of pyridine rings is 1. The fraction of sp³-hybridized carbons (Fsp3) is 0.222. The van der Waals surface area contributed by atoms with E-state index in [1.54, 1.807) is 41.7 Å². The van der Waals surface area contributed by atoms with Gasteiger partial charge in [0, 0.05) is 46.2 Å². The predicted octanol–water partition coefficient (Wildman–Crippen LogP) is 2.39. The van der Waals surface area contributed by atoms with E-state index in [9.17, 15) is 0 Å². The van der Waals surface area contributed by atoms with Crippen LogP contribution in [0.3, 0.4) is 0 Å². The highest BCUT2D eigenvalue weighted by Crippen LogP contribution is 2.26. The van der Waals surface area contributed by atoms with Crippen LogP contribution in [0.4, 0.5) is 0 Å². The number of rotatable bonds is 6. The predicted molar refractivity (Wildman–Crippen MR) is 105 cm³/mol. The molecule has 0 aliphatic heterocycles. The van der Waals surface area contributed by atoms with E-state index in [-0.39, 0.29) is 0 Å². The maximum absolute atomic E-state index is 5.09. The van der Waals surface area contributed by atoms with E-state index in [1.807, 2.05) is 23.1 Å². The Morgan fingerprint density at radius 1 is 1.21 bits per heavy atom. The molecule has 0 aliphatic rings. The molecule has 5 aromatic heterocycles. The van der Waals surface area contributed by atoms with Gasteiger partial charge in [0.15, 0.2) is 5.65 Å². The maximum Gasteiger partial charge on any atom is 0.221 e. The van der Waals surface area contributed by atoms with Gasteiger partial charge in [-0.1, -0.05) is 5.21 Å². The molecular weight excluding hydrogens is 376 g/mol. The monoisotopic (exact) mass is 392 g/mol. The normalized spacial score (nSPS) is 11.6. The molecule has 0 fully saturated rings. The minimum atomic E-state index is 0.526. The third-order valence-corrected chi connectivity index (χ3v) is 5.45. The Bertz CT molecular complexity index is 1220. The second-order valence-electron chi connectivity index (χ2n) is 6.26. The lowest BCUT2D eigenvalue weighted by atomic mass is 10.3. The number of hydrogen-bond acceptors (Lipinski definition) is 8. The van der Waals surface area contributed by atoms with Gasteiger partial charge >= 0.3 is 0 Å². The molecule has 0 radical (unpaired) electrons. The Hall–Kier alpha value is -3.24. The fourth-order valence-corrected chi connectivity index (χ4v) is 3.98. The molecule has 28 heavy (non-hydrogen) atoms. The summed E-state index contributed by atoms with van der Waals surface area (Å²) >= 11 is 1.71. The Morgan fingerprint density at radius 3 is 3.07 bits per heavy atom. The van der Waals surface area contributed by atoms with Gasteiger partial charge in [-0.2, -0.15) is 5.10 Å². The molecule has 0 saturated carbocycles. The average Bonchev–Trinajstić information content (AvgIpc) is 3.44. The van der Waals surface area contributed by atoms with Crippen molar-refractivity contribution >= 4 is 32.7 Å². The molecule has 0 aliphatic carbocycles. The number of fused-ring (bicyclic) bond motifs is 2. The molecule has 0 unspecified atom stereocenters. The zero-order valence-corrected chi connectivity index (χ0v) is 15.9. The number of ether oxygens (including phenoxy) is 1. The molecule has 0 bridgehead atoms. The summed E-state index contributed by atoms with van der Waals surface area (Å²) < 4.78 is 9.89. The van der Waals surface area contributed by atoms with Gasteiger partial charge in [0.05, 0.1) is 37.8 Å². The van der Waals surface area contributed by atoms with Crippen molar-refractivity contribution in [3.8, 4) is 11.3 Å². The first-order valence-corrected chi connectivity index (χ1v) is 9.52. The molecule has 5 aromatic rings. The molecule has 0 N–H and O–H groups in total. The highest BCUT2D eigenvalue weighted by Gasteiger charge is 2.13. The molecule has 0 amide bonds. The van der Waals surface area contributed by atoms with E-state index in [1.165, 1.54) is 4.70 Å². The summed E-state index contributed by atoms with van der Waals surface area (Å²) in [5, 5.41) is 13.8. The van der Waals surface area contributed by atoms with Crippen molar-refractivity contribution in [2.24, 2.45) is 0 Å². The molecule has 0 atom stereocenters. The van der Waals surface area contributed by atoms with Crippen molar-refractivity contribution < 1.29 is 4.74 Å². The molecule has 5 rings (SSSR count). The number of aromatic nitrogens is 8. The Morgan fingerprint density at radius 2 is 2.18 bits per heavy atom. The minimum absolute atomic E-state index is 0.526. The summed E-state index contributed by atoms with van der Waals surface area (Å²) in [4.78, 5) is 14.5. The molecule has 140 valence electrons. The van der Waals surface area contributed by atoms with Gasteiger partial charge in [-0.05, 0) is 12.1 Å². The van der Waals surface area contributed by atoms with Gasteiger partial charge in [0.1, 0.15) is 0 Å². The third-order valence-electron chi connectivity index (χ3n) is 4.35. The summed E-state index contributed by atoms with van der Waals surface area (Å²) in [7, 11) is 1.67. The van der Waals surface area contributed by atoms with Crippen LogP contribution in [-0.4, -0.2) is 53.4 Å². The number of hydrogen-bond donors (Lipinski definition) is 0. The van der Waals surface area contributed by atoms with E-state index >= 15 is 0 Å². The van der Waals surface area contributed by atoms with Gasteiger partial charge in [-0.3, -0.25) is 9.67 Å². The molecular formula is C18H16N8OS. The van der Waals surface area contributed by atoms with E-state index in [4.69, 9.17) is 9.72 Å². The van der Waals surface area contributed by atoms with Crippen LogP contribution in [0, 0.1) is 0 Å². The first kappa shape index (κ1) is 16.9. The van der Waals surface area contributed by atoms with Gasteiger partial charge in [0.25, 0.3) is 0 Å². The molecule has 0 aromatic carbocycles. The molecule has 5 heterocycles. The van der Waals surface area contributed by atoms with Gasteiger partial charge in [-0.15, -0.1) is 16.4 Å². The number of thiophene rings is 1. The van der Waals surface area contributed by atoms with Crippen LogP contribution in [0.1, 0.15) is 4.88 Å². The number of nitrogens with zero attached hydrogens (tertiary/aromatic N) is 8. The van der Waals surface area contributed by atoms with Crippen LogP contribution in [-0.2, 0) is 17.8 Å². The first-order valence-electron chi connectivity index (χ1n) is 8.70. The summed E-state index contributed by atoms with van der Waals surface area (Å²) in [6, 6.07) is 4.14. The topological polar surface area (TPSA) is 96.4 Å². The van der Waals surface area contributed by atoms with Crippen molar-refractivity contribution in [2.75, 3.05) is 13.7 Å². The Balaban J connectivity index is 1.47. The quantitative estimate of drug-likeness (QED) is 0.438. The second kappa shape index (κ2) is 7.06. The van der Waals surface area contributed by atoms with Crippen molar-refractivity contribution in [1.29, 1.82) is 0 Å². The maximum atomic E-state index is 5.09. The lowest BCUT2D eigenvalue weighted by Crippen LogP contribution is -2.04. The van der Waals surface area contributed by atoms with Gasteiger partial charge in [0.2, 0.25) is 5.65 Å². The van der Waals surface area contributed by atoms with Crippen LogP contribution in [0.15, 0.2) is 43.1 Å². The smallest absolute Gasteiger partial charge is 0.221 e. The lowest BCUT2D eigenvalue weighted by molar-refractivity contribution is 0.183. The second-order valence-corrected chi connectivity index (χ2v) is 7.43. The first-order chi connectivity index (χ1) is 13.8. The van der Waals surface area contributed by atoms with E-state index < -0.39 is 0 Å². The van der Waals surface area contributed by atoms with Crippen molar-refractivity contribution in [3.63, 3.8) is 0 Å². The Kier molecular flexibility index (Phi) is 4.26. The standard InChI is InChI=1S/C18H16N8OS/c1-27-5-4-25-10-13(8-21-25)15-9-20-17-18(22-15)26(24-23-17)11-14-6-12-7-19-3-2-16(12)28-14/h2-3,6-10H,4-5,11H2,1H3. The van der Waals surface area contributed by atoms with Gasteiger partial charge in [-0.25, -0.2) is 14.6 Å². The van der Waals surface area contributed by atoms with Crippen LogP contribution in [0.25, 0.3) is 32.6 Å². The van der Waals surface area contributed by atoms with Crippen LogP contribution in [0.2, 0.25) is 0 Å². The number of methoxy groups -OCH3 is 1. The molecule has 10 heteroatoms. The largest absolute Gasteiger partial charge is 0.383 e. The van der Waals surface area contributed by atoms with Crippen LogP contribution in [0.5, 0.6) is 0 Å². The summed E-state index contributed by atoms with van der Waals surface area (Å²) in [5.41, 5.74) is 2.81. The summed E-state index contributed by atoms with van der Waals surface area (Å²) in [6.07, 6.45) is 9.08. The average molecular weight is 392 g/mol. The van der Waals surface area contributed by atoms with Crippen molar-refractivity contribution in [1.82, 2.24) is 39.7 Å². The summed E-state index contributed by atoms with van der Waals surface area (Å²) in [5.74, 6) is 0. The van der Waals surface area contributed by atoms with Crippen LogP contribution < -0.4 is 0 Å². The fourth-order valence-electron chi connectivity index (χ4n) is 2.97. The Labute approximate surface area is 163 Å². The van der Waals surface area contributed by atoms with Gasteiger partial charge < -0.3 is 4.74 Å². The molecule has 0 saturated heterocycles. The van der Waals surface area contributed by atoms with Crippen molar-refractivity contribution in [2.45, 2.75) is 13.1 Å². The van der Waals surface area contributed by atoms with E-state index in [0.717, 1.165) is 21.5 Å².